The van der Waals surface area contributed by atoms with Gasteiger partial charge in [0.05, 0.1) is 23.2 Å². The first-order chi connectivity index (χ1) is 9.49. The molecule has 0 aromatic carbocycles. The maximum absolute atomic E-state index is 11.5. The first-order valence-electron chi connectivity index (χ1n) is 5.84. The summed E-state index contributed by atoms with van der Waals surface area (Å²) in [5.74, 6) is -1.57. The molecule has 3 N–H and O–H groups in total. The van der Waals surface area contributed by atoms with E-state index in [4.69, 9.17) is 22.6 Å². The van der Waals surface area contributed by atoms with Gasteiger partial charge in [-0.15, -0.1) is 0 Å². The fraction of sp³-hybridized carbons (Fsp3) is 0.231. The highest BCUT2D eigenvalue weighted by Gasteiger charge is 2.62. The van der Waals surface area contributed by atoms with Gasteiger partial charge in [-0.3, -0.25) is 9.78 Å². The average Bonchev–Trinajstić information content (AvgIpc) is 3.13. The second-order valence-corrected chi connectivity index (χ2v) is 5.18. The number of aliphatic carboxylic acids is 1. The van der Waals surface area contributed by atoms with Gasteiger partial charge in [0.1, 0.15) is 16.1 Å². The van der Waals surface area contributed by atoms with Gasteiger partial charge in [0.15, 0.2) is 0 Å². The van der Waals surface area contributed by atoms with E-state index in [2.05, 4.69) is 9.97 Å². The van der Waals surface area contributed by atoms with Crippen LogP contribution in [0.25, 0.3) is 11.0 Å². The number of nitrogen functional groups attached to an aromatic ring is 1. The number of halogens is 1. The van der Waals surface area contributed by atoms with Crippen LogP contribution in [0.5, 0.6) is 0 Å². The van der Waals surface area contributed by atoms with Gasteiger partial charge < -0.3 is 10.8 Å². The molecule has 3 rings (SSSR count). The van der Waals surface area contributed by atoms with E-state index in [9.17, 15) is 9.90 Å². The molecule has 20 heavy (non-hydrogen) atoms. The number of nitriles is 1. The van der Waals surface area contributed by atoms with Crippen LogP contribution in [-0.4, -0.2) is 21.0 Å². The highest BCUT2D eigenvalue weighted by atomic mass is 35.5. The predicted molar refractivity (Wildman–Crippen MR) is 72.0 cm³/mol. The minimum absolute atomic E-state index is 0.214. The van der Waals surface area contributed by atoms with Crippen molar-refractivity contribution in [1.82, 2.24) is 9.97 Å². The van der Waals surface area contributed by atoms with E-state index >= 15 is 0 Å². The summed E-state index contributed by atoms with van der Waals surface area (Å²) >= 11 is 5.84. The lowest BCUT2D eigenvalue weighted by atomic mass is 9.94. The van der Waals surface area contributed by atoms with Crippen LogP contribution in [-0.2, 0) is 10.2 Å². The van der Waals surface area contributed by atoms with Crippen molar-refractivity contribution in [2.24, 2.45) is 5.92 Å². The van der Waals surface area contributed by atoms with Gasteiger partial charge in [-0.05, 0) is 18.1 Å². The number of carboxylic acids is 1. The van der Waals surface area contributed by atoms with E-state index in [-0.39, 0.29) is 11.6 Å². The second-order valence-electron chi connectivity index (χ2n) is 4.79. The third-order valence-electron chi connectivity index (χ3n) is 3.66. The van der Waals surface area contributed by atoms with Crippen molar-refractivity contribution in [1.29, 1.82) is 5.26 Å². The number of aromatic nitrogens is 2. The van der Waals surface area contributed by atoms with Crippen LogP contribution in [0.2, 0.25) is 5.15 Å². The molecule has 1 fully saturated rings. The van der Waals surface area contributed by atoms with E-state index in [1.54, 1.807) is 6.07 Å². The molecule has 2 heterocycles. The first kappa shape index (κ1) is 12.6. The molecule has 2 aromatic heterocycles. The average molecular weight is 289 g/mol. The highest BCUT2D eigenvalue weighted by Crippen LogP contribution is 2.54. The Balaban J connectivity index is 2.20. The Morgan fingerprint density at radius 3 is 2.95 bits per heavy atom. The Morgan fingerprint density at radius 1 is 1.60 bits per heavy atom. The number of nitrogens with two attached hydrogens (primary N) is 1. The van der Waals surface area contributed by atoms with Gasteiger partial charge in [0.25, 0.3) is 0 Å². The standard InChI is InChI=1S/C13H9ClN4O2/c14-10-2-8(16)11-9(18-10)1-6(5-17-11)13(12(19)20)3-7(13)4-15/h1-2,5,7H,3H2,(H2,16,18)(H,19,20). The number of carboxylic acid groups (broad SMARTS) is 1. The van der Waals surface area contributed by atoms with Gasteiger partial charge >= 0.3 is 5.97 Å². The second kappa shape index (κ2) is 4.05. The van der Waals surface area contributed by atoms with E-state index in [1.165, 1.54) is 12.3 Å². The van der Waals surface area contributed by atoms with Crippen LogP contribution in [0.15, 0.2) is 18.3 Å². The summed E-state index contributed by atoms with van der Waals surface area (Å²) in [4.78, 5) is 19.7. The zero-order chi connectivity index (χ0) is 14.5. The smallest absolute Gasteiger partial charge is 0.315 e. The molecule has 7 heteroatoms. The van der Waals surface area contributed by atoms with Crippen LogP contribution in [0.4, 0.5) is 5.69 Å². The molecule has 1 saturated carbocycles. The molecule has 0 amide bonds. The van der Waals surface area contributed by atoms with Crippen molar-refractivity contribution in [3.8, 4) is 6.07 Å². The number of carbonyl (C=O) groups is 1. The van der Waals surface area contributed by atoms with Crippen LogP contribution >= 0.6 is 11.6 Å². The van der Waals surface area contributed by atoms with Crippen LogP contribution < -0.4 is 5.73 Å². The van der Waals surface area contributed by atoms with Gasteiger partial charge in [0, 0.05) is 12.3 Å². The zero-order valence-electron chi connectivity index (χ0n) is 10.2. The summed E-state index contributed by atoms with van der Waals surface area (Å²) in [6.07, 6.45) is 1.72. The fourth-order valence-corrected chi connectivity index (χ4v) is 2.66. The summed E-state index contributed by atoms with van der Waals surface area (Å²) in [6.45, 7) is 0. The molecular formula is C13H9ClN4O2. The number of pyridine rings is 2. The monoisotopic (exact) mass is 288 g/mol. The third-order valence-corrected chi connectivity index (χ3v) is 3.85. The summed E-state index contributed by atoms with van der Waals surface area (Å²) in [6, 6.07) is 5.08. The molecule has 1 aliphatic rings. The van der Waals surface area contributed by atoms with Crippen molar-refractivity contribution >= 4 is 34.3 Å². The summed E-state index contributed by atoms with van der Waals surface area (Å²) in [5, 5.41) is 18.6. The number of nitrogens with zero attached hydrogens (tertiary/aromatic N) is 3. The Bertz CT molecular complexity index is 786. The maximum Gasteiger partial charge on any atom is 0.315 e. The van der Waals surface area contributed by atoms with Gasteiger partial charge in [-0.1, -0.05) is 11.6 Å². The van der Waals surface area contributed by atoms with E-state index in [0.29, 0.717) is 22.3 Å². The Hall–Kier alpha value is -2.39. The van der Waals surface area contributed by atoms with Crippen LogP contribution in [0.1, 0.15) is 12.0 Å². The molecule has 100 valence electrons. The van der Waals surface area contributed by atoms with Crippen molar-refractivity contribution in [3.05, 3.63) is 29.0 Å². The van der Waals surface area contributed by atoms with Crippen molar-refractivity contribution in [2.45, 2.75) is 11.8 Å². The molecular weight excluding hydrogens is 280 g/mol. The molecule has 2 aromatic rings. The first-order valence-corrected chi connectivity index (χ1v) is 6.22. The lowest BCUT2D eigenvalue weighted by Crippen LogP contribution is -2.22. The number of hydrogen-bond acceptors (Lipinski definition) is 5. The Labute approximate surface area is 118 Å². The number of fused-ring (bicyclic) bond motifs is 1. The van der Waals surface area contributed by atoms with E-state index in [0.717, 1.165) is 0 Å². The lowest BCUT2D eigenvalue weighted by Gasteiger charge is -2.11. The fourth-order valence-electron chi connectivity index (χ4n) is 2.45. The van der Waals surface area contributed by atoms with Crippen LogP contribution in [0.3, 0.4) is 0 Å². The molecule has 0 radical (unpaired) electrons. The van der Waals surface area contributed by atoms with Crippen molar-refractivity contribution < 1.29 is 9.90 Å². The van der Waals surface area contributed by atoms with Crippen molar-refractivity contribution in [3.63, 3.8) is 0 Å². The minimum Gasteiger partial charge on any atom is -0.481 e. The highest BCUT2D eigenvalue weighted by molar-refractivity contribution is 6.30. The Morgan fingerprint density at radius 2 is 2.35 bits per heavy atom. The molecule has 6 nitrogen and oxygen atoms in total. The lowest BCUT2D eigenvalue weighted by molar-refractivity contribution is -0.140. The molecule has 0 saturated heterocycles. The molecule has 2 unspecified atom stereocenters. The number of anilines is 1. The topological polar surface area (TPSA) is 113 Å². The molecule has 0 spiro atoms. The normalized spacial score (nSPS) is 24.3. The molecule has 0 bridgehead atoms. The molecule has 2 atom stereocenters. The van der Waals surface area contributed by atoms with E-state index < -0.39 is 17.3 Å². The summed E-state index contributed by atoms with van der Waals surface area (Å²) in [5.41, 5.74) is 6.33. The van der Waals surface area contributed by atoms with Crippen molar-refractivity contribution in [2.75, 3.05) is 5.73 Å². The SMILES string of the molecule is N#CC1CC1(C(=O)O)c1cnc2c(N)cc(Cl)nc2c1. The largest absolute Gasteiger partial charge is 0.481 e. The zero-order valence-corrected chi connectivity index (χ0v) is 10.9. The number of rotatable bonds is 2. The molecule has 0 aliphatic heterocycles. The molecule has 1 aliphatic carbocycles. The summed E-state index contributed by atoms with van der Waals surface area (Å²) in [7, 11) is 0. The maximum atomic E-state index is 11.5. The quantitative estimate of drug-likeness (QED) is 0.814. The van der Waals surface area contributed by atoms with Gasteiger partial charge in [-0.25, -0.2) is 4.98 Å². The third kappa shape index (κ3) is 1.60. The number of hydrogen-bond donors (Lipinski definition) is 2. The minimum atomic E-state index is -1.19. The van der Waals surface area contributed by atoms with Gasteiger partial charge in [0.2, 0.25) is 0 Å². The van der Waals surface area contributed by atoms with E-state index in [1.807, 2.05) is 6.07 Å². The van der Waals surface area contributed by atoms with Crippen LogP contribution in [0, 0.1) is 17.2 Å². The predicted octanol–water partition coefficient (Wildman–Crippen LogP) is 1.73. The summed E-state index contributed by atoms with van der Waals surface area (Å²) < 4.78 is 0. The Kier molecular flexibility index (Phi) is 2.56. The van der Waals surface area contributed by atoms with Gasteiger partial charge in [-0.2, -0.15) is 5.26 Å².